The molecule has 1 aliphatic heterocycles. The van der Waals surface area contributed by atoms with Crippen molar-refractivity contribution in [1.82, 2.24) is 5.32 Å². The van der Waals surface area contributed by atoms with E-state index in [4.69, 9.17) is 4.74 Å². The van der Waals surface area contributed by atoms with Gasteiger partial charge in [-0.15, -0.1) is 0 Å². The van der Waals surface area contributed by atoms with Crippen LogP contribution >= 0.6 is 15.9 Å². The minimum absolute atomic E-state index is 0.0328. The summed E-state index contributed by atoms with van der Waals surface area (Å²) in [7, 11) is 0. The Morgan fingerprint density at radius 3 is 2.90 bits per heavy atom. The minimum atomic E-state index is -0.122. The number of nitrogens with one attached hydrogen (secondary N) is 2. The number of halogens is 1. The van der Waals surface area contributed by atoms with Crippen molar-refractivity contribution in [2.24, 2.45) is 5.92 Å². The highest BCUT2D eigenvalue weighted by atomic mass is 79.9. The number of carbonyl (C=O) groups excluding carboxylic acids is 1. The van der Waals surface area contributed by atoms with Crippen LogP contribution in [0, 0.1) is 5.92 Å². The molecule has 5 heteroatoms. The third-order valence-electron chi connectivity index (χ3n) is 3.59. The lowest BCUT2D eigenvalue weighted by Gasteiger charge is -2.19. The average Bonchev–Trinajstić information content (AvgIpc) is 2.89. The Labute approximate surface area is 128 Å². The summed E-state index contributed by atoms with van der Waals surface area (Å²) in [6.45, 7) is 6.05. The van der Waals surface area contributed by atoms with Crippen molar-refractivity contribution in [3.8, 4) is 0 Å². The maximum Gasteiger partial charge on any atom is 0.231 e. The Hall–Kier alpha value is -0.910. The smallest absolute Gasteiger partial charge is 0.231 e. The van der Waals surface area contributed by atoms with Gasteiger partial charge in [-0.1, -0.05) is 29.8 Å². The second-order valence-corrected chi connectivity index (χ2v) is 5.87. The SMILES string of the molecule is CCNC1COCC1C(=O)Nc1ccc(Br)cc1CC. The molecule has 1 saturated heterocycles. The van der Waals surface area contributed by atoms with Crippen LogP contribution in [0.5, 0.6) is 0 Å². The van der Waals surface area contributed by atoms with E-state index in [1.807, 2.05) is 25.1 Å². The molecular weight excluding hydrogens is 320 g/mol. The summed E-state index contributed by atoms with van der Waals surface area (Å²) in [4.78, 5) is 12.4. The molecule has 1 amide bonds. The number of likely N-dealkylation sites (N-methyl/N-ethyl adjacent to an activating group) is 1. The Morgan fingerprint density at radius 1 is 1.40 bits per heavy atom. The highest BCUT2D eigenvalue weighted by Gasteiger charge is 2.33. The molecule has 1 aromatic carbocycles. The molecule has 0 spiro atoms. The van der Waals surface area contributed by atoms with Gasteiger partial charge in [0.05, 0.1) is 19.1 Å². The zero-order valence-electron chi connectivity index (χ0n) is 11.9. The van der Waals surface area contributed by atoms with Crippen molar-refractivity contribution in [2.75, 3.05) is 25.1 Å². The molecule has 1 aliphatic rings. The predicted octanol–water partition coefficient (Wildman–Crippen LogP) is 2.57. The van der Waals surface area contributed by atoms with Crippen LogP contribution in [0.2, 0.25) is 0 Å². The van der Waals surface area contributed by atoms with E-state index in [-0.39, 0.29) is 17.9 Å². The first-order chi connectivity index (χ1) is 9.65. The Balaban J connectivity index is 2.07. The van der Waals surface area contributed by atoms with E-state index in [1.54, 1.807) is 0 Å². The molecule has 0 aliphatic carbocycles. The number of benzene rings is 1. The molecule has 2 atom stereocenters. The van der Waals surface area contributed by atoms with Crippen LogP contribution in [0.3, 0.4) is 0 Å². The second kappa shape index (κ2) is 7.20. The molecule has 2 N–H and O–H groups in total. The van der Waals surface area contributed by atoms with Crippen LogP contribution < -0.4 is 10.6 Å². The van der Waals surface area contributed by atoms with Gasteiger partial charge in [-0.25, -0.2) is 0 Å². The van der Waals surface area contributed by atoms with E-state index in [9.17, 15) is 4.79 Å². The molecule has 2 rings (SSSR count). The topological polar surface area (TPSA) is 50.4 Å². The molecule has 110 valence electrons. The van der Waals surface area contributed by atoms with Crippen molar-refractivity contribution in [1.29, 1.82) is 0 Å². The number of rotatable bonds is 5. The fraction of sp³-hybridized carbons (Fsp3) is 0.533. The summed E-state index contributed by atoms with van der Waals surface area (Å²) < 4.78 is 6.46. The number of ether oxygens (including phenoxy) is 1. The molecule has 1 heterocycles. The average molecular weight is 341 g/mol. The van der Waals surface area contributed by atoms with E-state index in [2.05, 4.69) is 33.5 Å². The van der Waals surface area contributed by atoms with E-state index >= 15 is 0 Å². The van der Waals surface area contributed by atoms with Gasteiger partial charge in [0.1, 0.15) is 0 Å². The molecule has 0 radical (unpaired) electrons. The van der Waals surface area contributed by atoms with Gasteiger partial charge in [0.15, 0.2) is 0 Å². The molecule has 1 fully saturated rings. The van der Waals surface area contributed by atoms with Gasteiger partial charge in [-0.2, -0.15) is 0 Å². The van der Waals surface area contributed by atoms with Crippen molar-refractivity contribution >= 4 is 27.5 Å². The molecule has 0 saturated carbocycles. The molecule has 0 bridgehead atoms. The Kier molecular flexibility index (Phi) is 5.57. The van der Waals surface area contributed by atoms with Gasteiger partial charge >= 0.3 is 0 Å². The van der Waals surface area contributed by atoms with Gasteiger partial charge < -0.3 is 15.4 Å². The summed E-state index contributed by atoms with van der Waals surface area (Å²) in [5, 5.41) is 6.34. The van der Waals surface area contributed by atoms with Gasteiger partial charge in [-0.3, -0.25) is 4.79 Å². The van der Waals surface area contributed by atoms with E-state index in [0.717, 1.165) is 28.7 Å². The maximum absolute atomic E-state index is 12.4. The lowest BCUT2D eigenvalue weighted by atomic mass is 10.0. The fourth-order valence-electron chi connectivity index (χ4n) is 2.48. The van der Waals surface area contributed by atoms with Crippen molar-refractivity contribution in [3.63, 3.8) is 0 Å². The highest BCUT2D eigenvalue weighted by Crippen LogP contribution is 2.23. The van der Waals surface area contributed by atoms with Crippen LogP contribution in [0.4, 0.5) is 5.69 Å². The number of amides is 1. The van der Waals surface area contributed by atoms with Gasteiger partial charge in [0, 0.05) is 16.2 Å². The zero-order chi connectivity index (χ0) is 14.5. The standard InChI is InChI=1S/C15H21BrN2O2/c1-3-10-7-11(16)5-6-13(10)18-15(19)12-8-20-9-14(12)17-4-2/h5-7,12,14,17H,3-4,8-9H2,1-2H3,(H,18,19). The Bertz CT molecular complexity index is 479. The largest absolute Gasteiger partial charge is 0.379 e. The first kappa shape index (κ1) is 15.5. The van der Waals surface area contributed by atoms with Crippen molar-refractivity contribution in [2.45, 2.75) is 26.3 Å². The molecule has 1 aromatic rings. The molecule has 2 unspecified atom stereocenters. The highest BCUT2D eigenvalue weighted by molar-refractivity contribution is 9.10. The summed E-state index contributed by atoms with van der Waals surface area (Å²) in [6.07, 6.45) is 0.882. The van der Waals surface area contributed by atoms with E-state index in [1.165, 1.54) is 0 Å². The van der Waals surface area contributed by atoms with E-state index < -0.39 is 0 Å². The first-order valence-corrected chi connectivity index (χ1v) is 7.85. The Morgan fingerprint density at radius 2 is 2.20 bits per heavy atom. The van der Waals surface area contributed by atoms with Crippen LogP contribution in [-0.4, -0.2) is 31.7 Å². The van der Waals surface area contributed by atoms with Crippen LogP contribution in [0.1, 0.15) is 19.4 Å². The monoisotopic (exact) mass is 340 g/mol. The number of aryl methyl sites for hydroxylation is 1. The second-order valence-electron chi connectivity index (χ2n) is 4.95. The zero-order valence-corrected chi connectivity index (χ0v) is 13.5. The van der Waals surface area contributed by atoms with Crippen LogP contribution in [-0.2, 0) is 16.0 Å². The summed E-state index contributed by atoms with van der Waals surface area (Å²) in [6, 6.07) is 6.05. The fourth-order valence-corrected chi connectivity index (χ4v) is 2.89. The number of anilines is 1. The van der Waals surface area contributed by atoms with Crippen molar-refractivity contribution < 1.29 is 9.53 Å². The summed E-state index contributed by atoms with van der Waals surface area (Å²) in [5.74, 6) is -0.0891. The maximum atomic E-state index is 12.4. The number of carbonyl (C=O) groups is 1. The lowest BCUT2D eigenvalue weighted by molar-refractivity contribution is -0.120. The molecule has 4 nitrogen and oxygen atoms in total. The lowest BCUT2D eigenvalue weighted by Crippen LogP contribution is -2.41. The van der Waals surface area contributed by atoms with Crippen molar-refractivity contribution in [3.05, 3.63) is 28.2 Å². The predicted molar refractivity (Wildman–Crippen MR) is 83.9 cm³/mol. The third-order valence-corrected chi connectivity index (χ3v) is 4.08. The van der Waals surface area contributed by atoms with Crippen LogP contribution in [0.25, 0.3) is 0 Å². The first-order valence-electron chi connectivity index (χ1n) is 7.06. The van der Waals surface area contributed by atoms with Gasteiger partial charge in [0.2, 0.25) is 5.91 Å². The number of hydrogen-bond donors (Lipinski definition) is 2. The molecule has 20 heavy (non-hydrogen) atoms. The van der Waals surface area contributed by atoms with Gasteiger partial charge in [-0.05, 0) is 36.7 Å². The van der Waals surface area contributed by atoms with Crippen LogP contribution in [0.15, 0.2) is 22.7 Å². The minimum Gasteiger partial charge on any atom is -0.379 e. The van der Waals surface area contributed by atoms with E-state index in [0.29, 0.717) is 13.2 Å². The quantitative estimate of drug-likeness (QED) is 0.866. The summed E-state index contributed by atoms with van der Waals surface area (Å²) in [5.41, 5.74) is 2.02. The molecule has 0 aromatic heterocycles. The molecular formula is C15H21BrN2O2. The summed E-state index contributed by atoms with van der Waals surface area (Å²) >= 11 is 3.46. The van der Waals surface area contributed by atoms with Gasteiger partial charge in [0.25, 0.3) is 0 Å². The third kappa shape index (κ3) is 3.59. The normalized spacial score (nSPS) is 21.9. The number of hydrogen-bond acceptors (Lipinski definition) is 3.